The highest BCUT2D eigenvalue weighted by Gasteiger charge is 2.27. The molecule has 2 N–H and O–H groups in total. The van der Waals surface area contributed by atoms with Crippen LogP contribution in [-0.4, -0.2) is 42.5 Å². The number of nitrogens with zero attached hydrogens (tertiary/aromatic N) is 1. The Bertz CT molecular complexity index is 925. The number of carbonyl (C=O) groups excluding carboxylic acids is 1. The second kappa shape index (κ2) is 8.43. The molecule has 0 bridgehead atoms. The standard InChI is InChI=1S/C20H20N2O6/c1-12(13-7-8-15(26-2)14(9-13)10-19(23)24)21-22-20(25)18-11-27-16-5-3-4-6-17(16)28-18/h3-9,18H,10-11H2,1-2H3,(H,22,25)(H,23,24)/b21-12-/t18-/m1/s1. The van der Waals surface area contributed by atoms with Gasteiger partial charge in [0.25, 0.3) is 5.91 Å². The van der Waals surface area contributed by atoms with E-state index in [1.807, 2.05) is 6.07 Å². The Morgan fingerprint density at radius 2 is 2.00 bits per heavy atom. The number of para-hydroxylation sites is 2. The maximum absolute atomic E-state index is 12.3. The molecule has 1 aliphatic heterocycles. The Morgan fingerprint density at radius 3 is 2.71 bits per heavy atom. The van der Waals surface area contributed by atoms with E-state index in [-0.39, 0.29) is 13.0 Å². The van der Waals surface area contributed by atoms with Crippen LogP contribution in [0.4, 0.5) is 0 Å². The summed E-state index contributed by atoms with van der Waals surface area (Å²) in [6, 6.07) is 12.2. The number of nitrogens with one attached hydrogen (secondary N) is 1. The molecule has 146 valence electrons. The second-order valence-electron chi connectivity index (χ2n) is 6.13. The molecule has 0 aliphatic carbocycles. The van der Waals surface area contributed by atoms with Gasteiger partial charge < -0.3 is 19.3 Å². The van der Waals surface area contributed by atoms with Crippen LogP contribution < -0.4 is 19.6 Å². The molecule has 0 saturated carbocycles. The summed E-state index contributed by atoms with van der Waals surface area (Å²) in [4.78, 5) is 23.4. The highest BCUT2D eigenvalue weighted by Crippen LogP contribution is 2.30. The van der Waals surface area contributed by atoms with Gasteiger partial charge in [-0.3, -0.25) is 9.59 Å². The molecule has 0 aromatic heterocycles. The van der Waals surface area contributed by atoms with E-state index < -0.39 is 18.0 Å². The van der Waals surface area contributed by atoms with Gasteiger partial charge >= 0.3 is 5.97 Å². The lowest BCUT2D eigenvalue weighted by Gasteiger charge is -2.24. The fraction of sp³-hybridized carbons (Fsp3) is 0.250. The van der Waals surface area contributed by atoms with Gasteiger partial charge in [-0.2, -0.15) is 5.10 Å². The maximum Gasteiger partial charge on any atom is 0.307 e. The Kier molecular flexibility index (Phi) is 5.78. The number of rotatable bonds is 6. The van der Waals surface area contributed by atoms with Gasteiger partial charge in [0.1, 0.15) is 12.4 Å². The van der Waals surface area contributed by atoms with E-state index in [1.54, 1.807) is 43.3 Å². The van der Waals surface area contributed by atoms with Crippen LogP contribution in [0.1, 0.15) is 18.1 Å². The summed E-state index contributed by atoms with van der Waals surface area (Å²) >= 11 is 0. The zero-order valence-corrected chi connectivity index (χ0v) is 15.5. The topological polar surface area (TPSA) is 106 Å². The van der Waals surface area contributed by atoms with Crippen molar-refractivity contribution in [2.45, 2.75) is 19.4 Å². The number of methoxy groups -OCH3 is 1. The zero-order chi connectivity index (χ0) is 20.1. The first-order valence-electron chi connectivity index (χ1n) is 8.59. The van der Waals surface area contributed by atoms with Crippen molar-refractivity contribution < 1.29 is 28.9 Å². The van der Waals surface area contributed by atoms with E-state index in [0.717, 1.165) is 0 Å². The van der Waals surface area contributed by atoms with E-state index in [9.17, 15) is 9.59 Å². The summed E-state index contributed by atoms with van der Waals surface area (Å²) in [6.45, 7) is 1.79. The van der Waals surface area contributed by atoms with Gasteiger partial charge in [-0.15, -0.1) is 0 Å². The molecular weight excluding hydrogens is 364 g/mol. The molecule has 2 aromatic carbocycles. The van der Waals surface area contributed by atoms with Crippen LogP contribution >= 0.6 is 0 Å². The minimum atomic E-state index is -0.965. The second-order valence-corrected chi connectivity index (χ2v) is 6.13. The third kappa shape index (κ3) is 4.40. The first-order valence-corrected chi connectivity index (χ1v) is 8.59. The highest BCUT2D eigenvalue weighted by atomic mass is 16.6. The molecule has 1 heterocycles. The molecular formula is C20H20N2O6. The molecule has 1 atom stereocenters. The Hall–Kier alpha value is -3.55. The van der Waals surface area contributed by atoms with Crippen molar-refractivity contribution in [2.75, 3.05) is 13.7 Å². The highest BCUT2D eigenvalue weighted by molar-refractivity contribution is 6.00. The number of ether oxygens (including phenoxy) is 3. The minimum Gasteiger partial charge on any atom is -0.496 e. The molecule has 8 heteroatoms. The molecule has 3 rings (SSSR count). The Morgan fingerprint density at radius 1 is 1.25 bits per heavy atom. The van der Waals surface area contributed by atoms with Crippen molar-refractivity contribution in [1.82, 2.24) is 5.43 Å². The number of carbonyl (C=O) groups is 2. The van der Waals surface area contributed by atoms with Crippen LogP contribution in [0.2, 0.25) is 0 Å². The lowest BCUT2D eigenvalue weighted by molar-refractivity contribution is -0.136. The number of fused-ring (bicyclic) bond motifs is 1. The van der Waals surface area contributed by atoms with Gasteiger partial charge in [-0.25, -0.2) is 5.43 Å². The van der Waals surface area contributed by atoms with Crippen molar-refractivity contribution in [3.63, 3.8) is 0 Å². The quantitative estimate of drug-likeness (QED) is 0.583. The van der Waals surface area contributed by atoms with Gasteiger partial charge in [0, 0.05) is 5.56 Å². The SMILES string of the molecule is COc1ccc(/C(C)=N\NC(=O)[C@H]2COc3ccccc3O2)cc1CC(=O)O. The normalized spacial score (nSPS) is 15.6. The summed E-state index contributed by atoms with van der Waals surface area (Å²) in [6.07, 6.45) is -0.992. The molecule has 0 spiro atoms. The summed E-state index contributed by atoms with van der Waals surface area (Å²) < 4.78 is 16.3. The van der Waals surface area contributed by atoms with Gasteiger partial charge in [0.15, 0.2) is 11.5 Å². The Labute approximate surface area is 161 Å². The molecule has 0 fully saturated rings. The van der Waals surface area contributed by atoms with Crippen LogP contribution in [0, 0.1) is 0 Å². The van der Waals surface area contributed by atoms with Gasteiger partial charge in [0.2, 0.25) is 6.10 Å². The van der Waals surface area contributed by atoms with Crippen molar-refractivity contribution in [3.05, 3.63) is 53.6 Å². The number of benzene rings is 2. The van der Waals surface area contributed by atoms with Crippen LogP contribution in [-0.2, 0) is 16.0 Å². The number of carboxylic acids is 1. The number of carboxylic acid groups (broad SMARTS) is 1. The third-order valence-corrected chi connectivity index (χ3v) is 4.17. The number of hydrazone groups is 1. The predicted octanol–water partition coefficient (Wildman–Crippen LogP) is 2.00. The molecule has 2 aromatic rings. The number of hydrogen-bond acceptors (Lipinski definition) is 6. The summed E-state index contributed by atoms with van der Waals surface area (Å²) in [7, 11) is 1.48. The molecule has 1 aliphatic rings. The lowest BCUT2D eigenvalue weighted by atomic mass is 10.0. The molecule has 1 amide bonds. The fourth-order valence-corrected chi connectivity index (χ4v) is 2.73. The monoisotopic (exact) mass is 384 g/mol. The van der Waals surface area contributed by atoms with Crippen LogP contribution in [0.5, 0.6) is 17.2 Å². The van der Waals surface area contributed by atoms with Gasteiger partial charge in [-0.1, -0.05) is 12.1 Å². The lowest BCUT2D eigenvalue weighted by Crippen LogP contribution is -2.42. The number of amides is 1. The molecule has 8 nitrogen and oxygen atoms in total. The summed E-state index contributed by atoms with van der Waals surface area (Å²) in [5, 5.41) is 13.1. The third-order valence-electron chi connectivity index (χ3n) is 4.17. The molecule has 28 heavy (non-hydrogen) atoms. The number of hydrogen-bond donors (Lipinski definition) is 2. The largest absolute Gasteiger partial charge is 0.496 e. The fourth-order valence-electron chi connectivity index (χ4n) is 2.73. The molecule has 0 saturated heterocycles. The van der Waals surface area contributed by atoms with E-state index in [2.05, 4.69) is 10.5 Å². The first-order chi connectivity index (χ1) is 13.5. The maximum atomic E-state index is 12.3. The molecule has 0 unspecified atom stereocenters. The van der Waals surface area contributed by atoms with E-state index in [0.29, 0.717) is 34.1 Å². The van der Waals surface area contributed by atoms with Crippen LogP contribution in [0.25, 0.3) is 0 Å². The predicted molar refractivity (Wildman–Crippen MR) is 101 cm³/mol. The van der Waals surface area contributed by atoms with Crippen LogP contribution in [0.15, 0.2) is 47.6 Å². The van der Waals surface area contributed by atoms with Crippen molar-refractivity contribution in [1.29, 1.82) is 0 Å². The van der Waals surface area contributed by atoms with Gasteiger partial charge in [0.05, 0.1) is 19.2 Å². The van der Waals surface area contributed by atoms with E-state index in [1.165, 1.54) is 7.11 Å². The smallest absolute Gasteiger partial charge is 0.307 e. The average Bonchev–Trinajstić information content (AvgIpc) is 2.70. The van der Waals surface area contributed by atoms with Crippen molar-refractivity contribution >= 4 is 17.6 Å². The first kappa shape index (κ1) is 19.2. The minimum absolute atomic E-state index is 0.0860. The summed E-state index contributed by atoms with van der Waals surface area (Å²) in [5.74, 6) is 0.175. The van der Waals surface area contributed by atoms with Crippen molar-refractivity contribution in [3.8, 4) is 17.2 Å². The summed E-state index contributed by atoms with van der Waals surface area (Å²) in [5.41, 5.74) is 4.17. The van der Waals surface area contributed by atoms with Crippen molar-refractivity contribution in [2.24, 2.45) is 5.10 Å². The van der Waals surface area contributed by atoms with E-state index >= 15 is 0 Å². The van der Waals surface area contributed by atoms with Gasteiger partial charge in [-0.05, 0) is 42.8 Å². The average molecular weight is 384 g/mol. The van der Waals surface area contributed by atoms with Crippen LogP contribution in [0.3, 0.4) is 0 Å². The molecule has 0 radical (unpaired) electrons. The Balaban J connectivity index is 1.69. The zero-order valence-electron chi connectivity index (χ0n) is 15.5. The number of aliphatic carboxylic acids is 1. The van der Waals surface area contributed by atoms with E-state index in [4.69, 9.17) is 19.3 Å².